The summed E-state index contributed by atoms with van der Waals surface area (Å²) in [5, 5.41) is 16.4. The maximum absolute atomic E-state index is 12.1. The predicted molar refractivity (Wildman–Crippen MR) is 84.3 cm³/mol. The number of aromatic hydroxyl groups is 1. The first-order chi connectivity index (χ1) is 10.9. The second-order valence-corrected chi connectivity index (χ2v) is 5.32. The minimum absolute atomic E-state index is 0.0447. The number of aryl methyl sites for hydroxylation is 2. The van der Waals surface area contributed by atoms with Gasteiger partial charge >= 0.3 is 6.03 Å². The number of carbonyl (C=O) groups is 1. The molecule has 1 heterocycles. The Morgan fingerprint density at radius 2 is 2.17 bits per heavy atom. The maximum Gasteiger partial charge on any atom is 0.317 e. The highest BCUT2D eigenvalue weighted by molar-refractivity contribution is 5.73. The van der Waals surface area contributed by atoms with Crippen molar-refractivity contribution in [1.29, 1.82) is 0 Å². The molecule has 0 spiro atoms. The molecule has 0 radical (unpaired) electrons. The SMILES string of the molecule is COc1ccc(CNC(=O)N(C)Cc2c(C)noc2C)cc1O. The fourth-order valence-electron chi connectivity index (χ4n) is 2.19. The molecule has 1 aromatic heterocycles. The van der Waals surface area contributed by atoms with Crippen molar-refractivity contribution in [3.8, 4) is 11.5 Å². The van der Waals surface area contributed by atoms with Crippen molar-refractivity contribution in [2.45, 2.75) is 26.9 Å². The quantitative estimate of drug-likeness (QED) is 0.883. The van der Waals surface area contributed by atoms with E-state index in [9.17, 15) is 9.90 Å². The molecule has 0 atom stereocenters. The molecule has 2 rings (SSSR count). The van der Waals surface area contributed by atoms with E-state index >= 15 is 0 Å². The topological polar surface area (TPSA) is 87.8 Å². The number of ether oxygens (including phenoxy) is 1. The first-order valence-electron chi connectivity index (χ1n) is 7.19. The molecule has 2 N–H and O–H groups in total. The summed E-state index contributed by atoms with van der Waals surface area (Å²) in [5.41, 5.74) is 2.47. The Labute approximate surface area is 134 Å². The van der Waals surface area contributed by atoms with Crippen LogP contribution in [0, 0.1) is 13.8 Å². The molecule has 0 saturated heterocycles. The van der Waals surface area contributed by atoms with E-state index in [1.54, 1.807) is 30.1 Å². The number of rotatable bonds is 5. The fourth-order valence-corrected chi connectivity index (χ4v) is 2.19. The largest absolute Gasteiger partial charge is 0.504 e. The fraction of sp³-hybridized carbons (Fsp3) is 0.375. The summed E-state index contributed by atoms with van der Waals surface area (Å²) < 4.78 is 10.1. The standard InChI is InChI=1S/C16H21N3O4/c1-10-13(11(2)23-18-10)9-19(3)16(21)17-8-12-5-6-15(22-4)14(20)7-12/h5-7,20H,8-9H2,1-4H3,(H,17,21). The summed E-state index contributed by atoms with van der Waals surface area (Å²) in [7, 11) is 3.19. The van der Waals surface area contributed by atoms with E-state index in [0.717, 1.165) is 16.8 Å². The Morgan fingerprint density at radius 1 is 1.43 bits per heavy atom. The minimum Gasteiger partial charge on any atom is -0.504 e. The van der Waals surface area contributed by atoms with Crippen molar-refractivity contribution < 1.29 is 19.2 Å². The molecular formula is C16H21N3O4. The van der Waals surface area contributed by atoms with Crippen LogP contribution in [0.3, 0.4) is 0 Å². The van der Waals surface area contributed by atoms with Crippen molar-refractivity contribution in [2.75, 3.05) is 14.2 Å². The first-order valence-corrected chi connectivity index (χ1v) is 7.19. The average Bonchev–Trinajstić information content (AvgIpc) is 2.84. The van der Waals surface area contributed by atoms with Gasteiger partial charge in [-0.05, 0) is 31.5 Å². The van der Waals surface area contributed by atoms with E-state index in [4.69, 9.17) is 9.26 Å². The number of benzene rings is 1. The van der Waals surface area contributed by atoms with Crippen LogP contribution in [-0.4, -0.2) is 35.4 Å². The number of phenols is 1. The molecule has 2 aromatic rings. The third kappa shape index (κ3) is 3.94. The summed E-state index contributed by atoms with van der Waals surface area (Å²) in [6.45, 7) is 4.39. The lowest BCUT2D eigenvalue weighted by atomic mass is 10.2. The van der Waals surface area contributed by atoms with Crippen molar-refractivity contribution in [3.05, 3.63) is 40.8 Å². The molecule has 0 bridgehead atoms. The Balaban J connectivity index is 1.92. The van der Waals surface area contributed by atoms with Gasteiger partial charge in [0, 0.05) is 19.2 Å². The van der Waals surface area contributed by atoms with E-state index in [-0.39, 0.29) is 11.8 Å². The number of urea groups is 1. The van der Waals surface area contributed by atoms with Gasteiger partial charge in [-0.3, -0.25) is 0 Å². The summed E-state index contributed by atoms with van der Waals surface area (Å²) in [6.07, 6.45) is 0. The van der Waals surface area contributed by atoms with E-state index in [0.29, 0.717) is 24.6 Å². The number of nitrogens with one attached hydrogen (secondary N) is 1. The normalized spacial score (nSPS) is 10.4. The zero-order chi connectivity index (χ0) is 17.0. The van der Waals surface area contributed by atoms with Crippen molar-refractivity contribution in [2.24, 2.45) is 0 Å². The molecule has 0 unspecified atom stereocenters. The Kier molecular flexibility index (Phi) is 5.10. The van der Waals surface area contributed by atoms with Gasteiger partial charge in [-0.2, -0.15) is 0 Å². The van der Waals surface area contributed by atoms with Crippen LogP contribution in [0.25, 0.3) is 0 Å². The summed E-state index contributed by atoms with van der Waals surface area (Å²) in [4.78, 5) is 13.7. The van der Waals surface area contributed by atoms with Crippen LogP contribution in [0.1, 0.15) is 22.6 Å². The molecule has 23 heavy (non-hydrogen) atoms. The van der Waals surface area contributed by atoms with Crippen molar-refractivity contribution in [1.82, 2.24) is 15.4 Å². The number of methoxy groups -OCH3 is 1. The number of aromatic nitrogens is 1. The zero-order valence-corrected chi connectivity index (χ0v) is 13.7. The van der Waals surface area contributed by atoms with Gasteiger partial charge in [0.25, 0.3) is 0 Å². The monoisotopic (exact) mass is 319 g/mol. The van der Waals surface area contributed by atoms with Gasteiger partial charge < -0.3 is 24.6 Å². The average molecular weight is 319 g/mol. The highest BCUT2D eigenvalue weighted by atomic mass is 16.5. The Hall–Kier alpha value is -2.70. The van der Waals surface area contributed by atoms with Crippen LogP contribution in [0.15, 0.2) is 22.7 Å². The zero-order valence-electron chi connectivity index (χ0n) is 13.7. The van der Waals surface area contributed by atoms with Gasteiger partial charge in [0.1, 0.15) is 5.76 Å². The molecule has 0 fully saturated rings. The predicted octanol–water partition coefficient (Wildman–Crippen LogP) is 2.35. The second kappa shape index (κ2) is 7.04. The van der Waals surface area contributed by atoms with Crippen LogP contribution in [0.2, 0.25) is 0 Å². The lowest BCUT2D eigenvalue weighted by Gasteiger charge is -2.18. The van der Waals surface area contributed by atoms with Crippen LogP contribution >= 0.6 is 0 Å². The number of hydrogen-bond acceptors (Lipinski definition) is 5. The van der Waals surface area contributed by atoms with E-state index in [1.165, 1.54) is 7.11 Å². The number of nitrogens with zero attached hydrogens (tertiary/aromatic N) is 2. The van der Waals surface area contributed by atoms with Gasteiger partial charge in [-0.25, -0.2) is 4.79 Å². The summed E-state index contributed by atoms with van der Waals surface area (Å²) in [6, 6.07) is 4.78. The second-order valence-electron chi connectivity index (χ2n) is 5.32. The molecular weight excluding hydrogens is 298 g/mol. The first kappa shape index (κ1) is 16.7. The lowest BCUT2D eigenvalue weighted by Crippen LogP contribution is -2.36. The molecule has 1 aromatic carbocycles. The van der Waals surface area contributed by atoms with E-state index in [2.05, 4.69) is 10.5 Å². The molecule has 0 saturated carbocycles. The Bertz CT molecular complexity index is 677. The van der Waals surface area contributed by atoms with Crippen molar-refractivity contribution in [3.63, 3.8) is 0 Å². The highest BCUT2D eigenvalue weighted by Gasteiger charge is 2.15. The molecule has 0 aliphatic rings. The third-order valence-electron chi connectivity index (χ3n) is 3.61. The smallest absolute Gasteiger partial charge is 0.317 e. The van der Waals surface area contributed by atoms with Crippen LogP contribution in [-0.2, 0) is 13.1 Å². The summed E-state index contributed by atoms with van der Waals surface area (Å²) in [5.74, 6) is 1.15. The van der Waals surface area contributed by atoms with Gasteiger partial charge in [-0.15, -0.1) is 0 Å². The minimum atomic E-state index is -0.222. The Morgan fingerprint density at radius 3 is 2.74 bits per heavy atom. The van der Waals surface area contributed by atoms with Crippen LogP contribution < -0.4 is 10.1 Å². The maximum atomic E-state index is 12.1. The summed E-state index contributed by atoms with van der Waals surface area (Å²) >= 11 is 0. The van der Waals surface area contributed by atoms with Gasteiger partial charge in [0.05, 0.1) is 19.3 Å². The number of hydrogen-bond donors (Lipinski definition) is 2. The van der Waals surface area contributed by atoms with Crippen molar-refractivity contribution >= 4 is 6.03 Å². The van der Waals surface area contributed by atoms with E-state index in [1.807, 2.05) is 13.8 Å². The lowest BCUT2D eigenvalue weighted by molar-refractivity contribution is 0.206. The number of phenolic OH excluding ortho intramolecular Hbond substituents is 1. The van der Waals surface area contributed by atoms with E-state index < -0.39 is 0 Å². The molecule has 124 valence electrons. The number of carbonyl (C=O) groups excluding carboxylic acids is 1. The van der Waals surface area contributed by atoms with Crippen LogP contribution in [0.4, 0.5) is 4.79 Å². The van der Waals surface area contributed by atoms with Crippen LogP contribution in [0.5, 0.6) is 11.5 Å². The molecule has 0 aliphatic carbocycles. The molecule has 0 aliphatic heterocycles. The van der Waals surface area contributed by atoms with Gasteiger partial charge in [0.2, 0.25) is 0 Å². The molecule has 7 heteroatoms. The number of amides is 2. The van der Waals surface area contributed by atoms with Gasteiger partial charge in [0.15, 0.2) is 11.5 Å². The van der Waals surface area contributed by atoms with Gasteiger partial charge in [-0.1, -0.05) is 11.2 Å². The highest BCUT2D eigenvalue weighted by Crippen LogP contribution is 2.26. The molecule has 7 nitrogen and oxygen atoms in total. The molecule has 2 amide bonds. The third-order valence-corrected chi connectivity index (χ3v) is 3.61.